The second-order valence-electron chi connectivity index (χ2n) is 8.31. The van der Waals surface area contributed by atoms with E-state index in [4.69, 9.17) is 16.6 Å². The van der Waals surface area contributed by atoms with Crippen LogP contribution < -0.4 is 5.32 Å². The highest BCUT2D eigenvalue weighted by molar-refractivity contribution is 6.30. The lowest BCUT2D eigenvalue weighted by Crippen LogP contribution is -2.39. The minimum Gasteiger partial charge on any atom is -0.366 e. The first-order chi connectivity index (χ1) is 14.5. The molecule has 3 heterocycles. The molecule has 158 valence electrons. The van der Waals surface area contributed by atoms with Crippen molar-refractivity contribution in [2.24, 2.45) is 0 Å². The third kappa shape index (κ3) is 4.75. The monoisotopic (exact) mass is 425 g/mol. The second kappa shape index (κ2) is 9.04. The predicted molar refractivity (Wildman–Crippen MR) is 121 cm³/mol. The van der Waals surface area contributed by atoms with Gasteiger partial charge in [0.15, 0.2) is 11.5 Å². The fraction of sp³-hybridized carbons (Fsp3) is 0.435. The second-order valence-corrected chi connectivity index (χ2v) is 8.75. The highest BCUT2D eigenvalue weighted by atomic mass is 35.5. The summed E-state index contributed by atoms with van der Waals surface area (Å²) in [5.41, 5.74) is 2.91. The van der Waals surface area contributed by atoms with Crippen LogP contribution in [0.4, 0.5) is 5.82 Å². The molecule has 3 aromatic rings. The van der Waals surface area contributed by atoms with Crippen molar-refractivity contribution in [3.8, 4) is 0 Å². The molecule has 1 aromatic carbocycles. The lowest BCUT2D eigenvalue weighted by molar-refractivity contribution is -0.132. The molecule has 4 rings (SSSR count). The molecular formula is C23H28ClN5O. The fourth-order valence-corrected chi connectivity index (χ4v) is 4.29. The highest BCUT2D eigenvalue weighted by Gasteiger charge is 2.26. The zero-order valence-corrected chi connectivity index (χ0v) is 18.2. The van der Waals surface area contributed by atoms with Crippen molar-refractivity contribution >= 4 is 34.4 Å². The number of nitrogens with one attached hydrogen (secondary N) is 2. The molecule has 30 heavy (non-hydrogen) atoms. The Hall–Kier alpha value is -2.60. The van der Waals surface area contributed by atoms with E-state index in [9.17, 15) is 4.79 Å². The Balaban J connectivity index is 1.41. The Morgan fingerprint density at radius 2 is 2.20 bits per heavy atom. The van der Waals surface area contributed by atoms with Crippen LogP contribution in [0.25, 0.3) is 11.0 Å². The summed E-state index contributed by atoms with van der Waals surface area (Å²) < 4.78 is 0. The molecule has 2 aromatic heterocycles. The van der Waals surface area contributed by atoms with Crippen LogP contribution >= 0.6 is 11.6 Å². The number of amides is 1. The van der Waals surface area contributed by atoms with Gasteiger partial charge in [-0.2, -0.15) is 5.10 Å². The lowest BCUT2D eigenvalue weighted by Gasteiger charge is -2.32. The van der Waals surface area contributed by atoms with Crippen LogP contribution in [0, 0.1) is 0 Å². The molecule has 0 aliphatic carbocycles. The Morgan fingerprint density at radius 3 is 3.00 bits per heavy atom. The number of nitrogens with zero attached hydrogens (tertiary/aromatic N) is 3. The minimum atomic E-state index is 0.200. The van der Waals surface area contributed by atoms with Gasteiger partial charge in [-0.1, -0.05) is 23.7 Å². The van der Waals surface area contributed by atoms with Gasteiger partial charge >= 0.3 is 0 Å². The molecule has 0 saturated carbocycles. The Kier molecular flexibility index (Phi) is 6.23. The van der Waals surface area contributed by atoms with Gasteiger partial charge in [0.25, 0.3) is 0 Å². The number of hydrogen-bond donors (Lipinski definition) is 2. The van der Waals surface area contributed by atoms with Crippen LogP contribution in [-0.2, 0) is 11.2 Å². The summed E-state index contributed by atoms with van der Waals surface area (Å²) in [4.78, 5) is 19.6. The van der Waals surface area contributed by atoms with Gasteiger partial charge in [-0.3, -0.25) is 9.89 Å². The van der Waals surface area contributed by atoms with E-state index < -0.39 is 0 Å². The number of likely N-dealkylation sites (tertiary alicyclic amines) is 1. The quantitative estimate of drug-likeness (QED) is 0.596. The molecule has 1 atom stereocenters. The van der Waals surface area contributed by atoms with E-state index in [0.717, 1.165) is 54.0 Å². The largest absolute Gasteiger partial charge is 0.366 e. The van der Waals surface area contributed by atoms with Crippen LogP contribution in [0.2, 0.25) is 5.02 Å². The SMILES string of the molecule is CC(C)Nc1n[nH]c2nc([C@@H]3CCCN(C(=O)CCc4cccc(Cl)c4)C3)ccc12. The van der Waals surface area contributed by atoms with Gasteiger partial charge in [0.1, 0.15) is 0 Å². The number of aromatic amines is 1. The summed E-state index contributed by atoms with van der Waals surface area (Å²) in [6, 6.07) is 12.2. The standard InChI is InChI=1S/C23H28ClN5O/c1-15(2)25-22-19-9-10-20(26-23(19)28-27-22)17-6-4-12-29(14-17)21(30)11-8-16-5-3-7-18(24)13-16/h3,5,7,9-10,13,15,17H,4,6,8,11-12,14H2,1-2H3,(H2,25,26,27,28)/t17-/m1/s1. The molecule has 1 aliphatic heterocycles. The van der Waals surface area contributed by atoms with Crippen molar-refractivity contribution in [2.45, 2.75) is 51.5 Å². The third-order valence-corrected chi connectivity index (χ3v) is 5.81. The van der Waals surface area contributed by atoms with Gasteiger partial charge in [0.05, 0.1) is 5.39 Å². The van der Waals surface area contributed by atoms with E-state index in [2.05, 4.69) is 41.5 Å². The summed E-state index contributed by atoms with van der Waals surface area (Å²) in [7, 11) is 0. The smallest absolute Gasteiger partial charge is 0.222 e. The van der Waals surface area contributed by atoms with Crippen LogP contribution in [0.15, 0.2) is 36.4 Å². The number of benzene rings is 1. The molecular weight excluding hydrogens is 398 g/mol. The number of piperidine rings is 1. The summed E-state index contributed by atoms with van der Waals surface area (Å²) >= 11 is 6.05. The third-order valence-electron chi connectivity index (χ3n) is 5.58. The van der Waals surface area contributed by atoms with Crippen molar-refractivity contribution < 1.29 is 4.79 Å². The van der Waals surface area contributed by atoms with Crippen LogP contribution in [0.5, 0.6) is 0 Å². The Labute approximate surface area is 182 Å². The van der Waals surface area contributed by atoms with Gasteiger partial charge < -0.3 is 10.2 Å². The summed E-state index contributed by atoms with van der Waals surface area (Å²) in [6.07, 6.45) is 3.26. The van der Waals surface area contributed by atoms with Gasteiger partial charge in [-0.15, -0.1) is 0 Å². The van der Waals surface area contributed by atoms with Gasteiger partial charge in [-0.05, 0) is 62.9 Å². The summed E-state index contributed by atoms with van der Waals surface area (Å²) in [5.74, 6) is 1.29. The van der Waals surface area contributed by atoms with Crippen molar-refractivity contribution in [3.63, 3.8) is 0 Å². The number of fused-ring (bicyclic) bond motifs is 1. The first kappa shape index (κ1) is 20.7. The number of halogens is 1. The van der Waals surface area contributed by atoms with Crippen LogP contribution in [0.1, 0.15) is 50.3 Å². The number of aryl methyl sites for hydroxylation is 1. The lowest BCUT2D eigenvalue weighted by atomic mass is 9.93. The number of pyridine rings is 1. The number of anilines is 1. The van der Waals surface area contributed by atoms with Crippen molar-refractivity contribution in [2.75, 3.05) is 18.4 Å². The fourth-order valence-electron chi connectivity index (χ4n) is 4.08. The molecule has 0 unspecified atom stereocenters. The maximum Gasteiger partial charge on any atom is 0.222 e. The molecule has 1 aliphatic rings. The van der Waals surface area contributed by atoms with Gasteiger partial charge in [0, 0.05) is 42.2 Å². The Bertz CT molecular complexity index is 1030. The first-order valence-electron chi connectivity index (χ1n) is 10.6. The zero-order chi connectivity index (χ0) is 21.1. The van der Waals surface area contributed by atoms with E-state index in [-0.39, 0.29) is 11.8 Å². The van der Waals surface area contributed by atoms with Crippen LogP contribution in [0.3, 0.4) is 0 Å². The van der Waals surface area contributed by atoms with Gasteiger partial charge in [0.2, 0.25) is 5.91 Å². The van der Waals surface area contributed by atoms with Crippen molar-refractivity contribution in [3.05, 3.63) is 52.7 Å². The maximum atomic E-state index is 12.8. The average Bonchev–Trinajstić information content (AvgIpc) is 3.13. The molecule has 2 N–H and O–H groups in total. The summed E-state index contributed by atoms with van der Waals surface area (Å²) in [6.45, 7) is 5.71. The number of H-pyrrole nitrogens is 1. The predicted octanol–water partition coefficient (Wildman–Crippen LogP) is 4.77. The van der Waals surface area contributed by atoms with E-state index >= 15 is 0 Å². The molecule has 1 fully saturated rings. The topological polar surface area (TPSA) is 73.9 Å². The number of aromatic nitrogens is 3. The maximum absolute atomic E-state index is 12.8. The van der Waals surface area contributed by atoms with E-state index in [1.54, 1.807) is 0 Å². The summed E-state index contributed by atoms with van der Waals surface area (Å²) in [5, 5.41) is 12.4. The number of rotatable bonds is 6. The minimum absolute atomic E-state index is 0.200. The van der Waals surface area contributed by atoms with Crippen molar-refractivity contribution in [1.29, 1.82) is 0 Å². The molecule has 0 spiro atoms. The van der Waals surface area contributed by atoms with E-state index in [0.29, 0.717) is 23.9 Å². The van der Waals surface area contributed by atoms with E-state index in [1.807, 2.05) is 29.2 Å². The van der Waals surface area contributed by atoms with Crippen molar-refractivity contribution in [1.82, 2.24) is 20.1 Å². The molecule has 1 amide bonds. The molecule has 7 heteroatoms. The number of carbonyl (C=O) groups excluding carboxylic acids is 1. The van der Waals surface area contributed by atoms with Gasteiger partial charge in [-0.25, -0.2) is 4.98 Å². The Morgan fingerprint density at radius 1 is 1.33 bits per heavy atom. The molecule has 0 bridgehead atoms. The average molecular weight is 426 g/mol. The molecule has 1 saturated heterocycles. The zero-order valence-electron chi connectivity index (χ0n) is 17.5. The van der Waals surface area contributed by atoms with Crippen LogP contribution in [-0.4, -0.2) is 45.1 Å². The molecule has 6 nitrogen and oxygen atoms in total. The highest BCUT2D eigenvalue weighted by Crippen LogP contribution is 2.29. The van der Waals surface area contributed by atoms with E-state index in [1.165, 1.54) is 0 Å². The normalized spacial score (nSPS) is 16.9. The number of hydrogen-bond acceptors (Lipinski definition) is 4. The molecule has 0 radical (unpaired) electrons. The number of carbonyl (C=O) groups is 1. The first-order valence-corrected chi connectivity index (χ1v) is 11.0.